The van der Waals surface area contributed by atoms with Gasteiger partial charge < -0.3 is 4.90 Å². The quantitative estimate of drug-likeness (QED) is 0.762. The summed E-state index contributed by atoms with van der Waals surface area (Å²) in [6.07, 6.45) is 5.39. The van der Waals surface area contributed by atoms with Crippen LogP contribution in [0.25, 0.3) is 0 Å². The molecule has 5 nitrogen and oxygen atoms in total. The van der Waals surface area contributed by atoms with Crippen LogP contribution in [0.3, 0.4) is 0 Å². The maximum Gasteiger partial charge on any atom is 0.250 e. The van der Waals surface area contributed by atoms with E-state index in [9.17, 15) is 13.2 Å². The molecule has 1 amide bonds. The lowest BCUT2D eigenvalue weighted by molar-refractivity contribution is -0.137. The SMILES string of the molecule is CCCCC(CC)C(=O)N1CCC(NS(=O)(=O)c2cccs2)CC1. The molecule has 0 spiro atoms. The molecule has 1 unspecified atom stereocenters. The number of sulfonamides is 1. The summed E-state index contributed by atoms with van der Waals surface area (Å²) in [6, 6.07) is 3.27. The molecule has 2 rings (SSSR count). The highest BCUT2D eigenvalue weighted by atomic mass is 32.2. The Bertz CT molecular complexity index is 606. The van der Waals surface area contributed by atoms with E-state index in [0.717, 1.165) is 25.7 Å². The number of amides is 1. The van der Waals surface area contributed by atoms with Gasteiger partial charge in [-0.2, -0.15) is 0 Å². The minimum Gasteiger partial charge on any atom is -0.342 e. The third kappa shape index (κ3) is 5.04. The Kier molecular flexibility index (Phi) is 7.25. The molecule has 1 aliphatic heterocycles. The Hall–Kier alpha value is -0.920. The molecule has 1 aromatic rings. The average Bonchev–Trinajstić information content (AvgIpc) is 3.11. The molecule has 1 N–H and O–H groups in total. The first-order valence-electron chi connectivity index (χ1n) is 8.82. The van der Waals surface area contributed by atoms with Crippen molar-refractivity contribution in [2.75, 3.05) is 13.1 Å². The lowest BCUT2D eigenvalue weighted by atomic mass is 9.96. The molecule has 1 atom stereocenters. The first-order chi connectivity index (χ1) is 11.5. The van der Waals surface area contributed by atoms with E-state index in [1.165, 1.54) is 11.3 Å². The molecule has 0 aromatic carbocycles. The van der Waals surface area contributed by atoms with E-state index in [0.29, 0.717) is 30.1 Å². The number of rotatable bonds is 8. The van der Waals surface area contributed by atoms with Gasteiger partial charge in [-0.25, -0.2) is 13.1 Å². The lowest BCUT2D eigenvalue weighted by Gasteiger charge is -2.34. The normalized spacial score (nSPS) is 17.8. The van der Waals surface area contributed by atoms with Crippen LogP contribution in [-0.4, -0.2) is 38.4 Å². The molecule has 0 radical (unpaired) electrons. The molecule has 1 fully saturated rings. The van der Waals surface area contributed by atoms with E-state index in [1.807, 2.05) is 4.90 Å². The number of carbonyl (C=O) groups is 1. The van der Waals surface area contributed by atoms with Crippen molar-refractivity contribution < 1.29 is 13.2 Å². The second-order valence-electron chi connectivity index (χ2n) is 6.40. The van der Waals surface area contributed by atoms with Crippen molar-refractivity contribution in [1.29, 1.82) is 0 Å². The standard InChI is InChI=1S/C17H28N2O3S2/c1-3-5-7-14(4-2)17(20)19-11-9-15(10-12-19)18-24(21,22)16-8-6-13-23-16/h6,8,13-15,18H,3-5,7,9-12H2,1-2H3. The van der Waals surface area contributed by atoms with Crippen LogP contribution in [0.5, 0.6) is 0 Å². The lowest BCUT2D eigenvalue weighted by Crippen LogP contribution is -2.47. The number of hydrogen-bond acceptors (Lipinski definition) is 4. The van der Waals surface area contributed by atoms with Gasteiger partial charge in [0, 0.05) is 25.0 Å². The van der Waals surface area contributed by atoms with Gasteiger partial charge in [0.1, 0.15) is 4.21 Å². The van der Waals surface area contributed by atoms with Crippen molar-refractivity contribution in [3.8, 4) is 0 Å². The average molecular weight is 373 g/mol. The van der Waals surface area contributed by atoms with Gasteiger partial charge in [-0.3, -0.25) is 4.79 Å². The summed E-state index contributed by atoms with van der Waals surface area (Å²) in [5.41, 5.74) is 0. The van der Waals surface area contributed by atoms with E-state index in [2.05, 4.69) is 18.6 Å². The topological polar surface area (TPSA) is 66.5 Å². The summed E-state index contributed by atoms with van der Waals surface area (Å²) in [5.74, 6) is 0.356. The monoisotopic (exact) mass is 372 g/mol. The van der Waals surface area contributed by atoms with Crippen LogP contribution in [0.2, 0.25) is 0 Å². The van der Waals surface area contributed by atoms with E-state index in [4.69, 9.17) is 0 Å². The second-order valence-corrected chi connectivity index (χ2v) is 9.29. The van der Waals surface area contributed by atoms with Crippen molar-refractivity contribution in [2.45, 2.75) is 62.6 Å². The van der Waals surface area contributed by atoms with Gasteiger partial charge in [-0.1, -0.05) is 32.8 Å². The molecule has 24 heavy (non-hydrogen) atoms. The predicted octanol–water partition coefficient (Wildman–Crippen LogP) is 3.23. The summed E-state index contributed by atoms with van der Waals surface area (Å²) in [6.45, 7) is 5.49. The van der Waals surface area contributed by atoms with Crippen molar-refractivity contribution in [2.24, 2.45) is 5.92 Å². The summed E-state index contributed by atoms with van der Waals surface area (Å²) < 4.78 is 27.7. The predicted molar refractivity (Wildman–Crippen MR) is 97.5 cm³/mol. The third-order valence-electron chi connectivity index (χ3n) is 4.64. The smallest absolute Gasteiger partial charge is 0.250 e. The molecule has 0 bridgehead atoms. The van der Waals surface area contributed by atoms with Crippen LogP contribution < -0.4 is 4.72 Å². The fourth-order valence-corrected chi connectivity index (χ4v) is 5.44. The molecule has 1 aliphatic rings. The van der Waals surface area contributed by atoms with E-state index in [1.54, 1.807) is 17.5 Å². The van der Waals surface area contributed by atoms with Crippen LogP contribution in [0.4, 0.5) is 0 Å². The number of hydrogen-bond donors (Lipinski definition) is 1. The van der Waals surface area contributed by atoms with Crippen LogP contribution >= 0.6 is 11.3 Å². The number of likely N-dealkylation sites (tertiary alicyclic amines) is 1. The first kappa shape index (κ1) is 19.4. The Labute approximate surface area is 149 Å². The number of nitrogens with one attached hydrogen (secondary N) is 1. The summed E-state index contributed by atoms with van der Waals surface area (Å²) in [5, 5.41) is 1.76. The minimum atomic E-state index is -3.42. The number of unbranched alkanes of at least 4 members (excludes halogenated alkanes) is 1. The van der Waals surface area contributed by atoms with Crippen LogP contribution in [0.1, 0.15) is 52.4 Å². The van der Waals surface area contributed by atoms with Crippen molar-refractivity contribution in [1.82, 2.24) is 9.62 Å². The van der Waals surface area contributed by atoms with Gasteiger partial charge in [0.2, 0.25) is 15.9 Å². The molecule has 2 heterocycles. The number of carbonyl (C=O) groups excluding carboxylic acids is 1. The zero-order chi connectivity index (χ0) is 17.6. The van der Waals surface area contributed by atoms with Gasteiger partial charge >= 0.3 is 0 Å². The van der Waals surface area contributed by atoms with Gasteiger partial charge in [-0.05, 0) is 37.1 Å². The summed E-state index contributed by atoms with van der Waals surface area (Å²) in [4.78, 5) is 14.5. The molecular weight excluding hydrogens is 344 g/mol. The van der Waals surface area contributed by atoms with E-state index >= 15 is 0 Å². The molecule has 7 heteroatoms. The Balaban J connectivity index is 1.86. The summed E-state index contributed by atoms with van der Waals surface area (Å²) >= 11 is 1.22. The van der Waals surface area contributed by atoms with Gasteiger partial charge in [-0.15, -0.1) is 11.3 Å². The maximum atomic E-state index is 12.6. The number of nitrogens with zero attached hydrogens (tertiary/aromatic N) is 1. The third-order valence-corrected chi connectivity index (χ3v) is 7.55. The zero-order valence-corrected chi connectivity index (χ0v) is 16.2. The Morgan fingerprint density at radius 1 is 1.38 bits per heavy atom. The zero-order valence-electron chi connectivity index (χ0n) is 14.5. The number of thiophene rings is 1. The van der Waals surface area contributed by atoms with Gasteiger partial charge in [0.15, 0.2) is 0 Å². The fraction of sp³-hybridized carbons (Fsp3) is 0.706. The maximum absolute atomic E-state index is 12.6. The molecule has 1 saturated heterocycles. The van der Waals surface area contributed by atoms with Gasteiger partial charge in [0.25, 0.3) is 0 Å². The van der Waals surface area contributed by atoms with E-state index in [-0.39, 0.29) is 17.9 Å². The fourth-order valence-electron chi connectivity index (χ4n) is 3.12. The van der Waals surface area contributed by atoms with Crippen molar-refractivity contribution >= 4 is 27.3 Å². The van der Waals surface area contributed by atoms with Crippen LogP contribution in [-0.2, 0) is 14.8 Å². The Morgan fingerprint density at radius 2 is 2.08 bits per heavy atom. The molecule has 0 aliphatic carbocycles. The molecule has 1 aromatic heterocycles. The van der Waals surface area contributed by atoms with Crippen LogP contribution in [0, 0.1) is 5.92 Å². The highest BCUT2D eigenvalue weighted by Crippen LogP contribution is 2.21. The Morgan fingerprint density at radius 3 is 2.62 bits per heavy atom. The molecule has 0 saturated carbocycles. The minimum absolute atomic E-state index is 0.0862. The van der Waals surface area contributed by atoms with Gasteiger partial charge in [0.05, 0.1) is 0 Å². The molecule has 136 valence electrons. The highest BCUT2D eigenvalue weighted by molar-refractivity contribution is 7.91. The molecular formula is C17H28N2O3S2. The van der Waals surface area contributed by atoms with Crippen molar-refractivity contribution in [3.05, 3.63) is 17.5 Å². The van der Waals surface area contributed by atoms with E-state index < -0.39 is 10.0 Å². The second kappa shape index (κ2) is 8.97. The number of piperidine rings is 1. The van der Waals surface area contributed by atoms with Crippen LogP contribution in [0.15, 0.2) is 21.7 Å². The summed E-state index contributed by atoms with van der Waals surface area (Å²) in [7, 11) is -3.42. The largest absolute Gasteiger partial charge is 0.342 e. The van der Waals surface area contributed by atoms with Crippen molar-refractivity contribution in [3.63, 3.8) is 0 Å². The first-order valence-corrected chi connectivity index (χ1v) is 11.2. The highest BCUT2D eigenvalue weighted by Gasteiger charge is 2.29.